The van der Waals surface area contributed by atoms with Gasteiger partial charge in [0, 0.05) is 30.1 Å². The van der Waals surface area contributed by atoms with E-state index in [2.05, 4.69) is 37.9 Å². The van der Waals surface area contributed by atoms with Gasteiger partial charge in [0.2, 0.25) is 0 Å². The third-order valence-corrected chi connectivity index (χ3v) is 4.93. The Morgan fingerprint density at radius 1 is 1.14 bits per heavy atom. The molecule has 2 aliphatic rings. The van der Waals surface area contributed by atoms with Gasteiger partial charge in [-0.25, -0.2) is 9.97 Å². The van der Waals surface area contributed by atoms with Gasteiger partial charge in [0.1, 0.15) is 17.5 Å². The monoisotopic (exact) mass is 288 g/mol. The van der Waals surface area contributed by atoms with Crippen LogP contribution >= 0.6 is 0 Å². The van der Waals surface area contributed by atoms with Crippen molar-refractivity contribution in [1.29, 1.82) is 0 Å². The summed E-state index contributed by atoms with van der Waals surface area (Å²) in [6.07, 6.45) is 6.26. The fraction of sp³-hybridized carbons (Fsp3) is 0.765. The number of aromatic nitrogens is 2. The van der Waals surface area contributed by atoms with E-state index in [-0.39, 0.29) is 0 Å². The molecule has 1 aromatic heterocycles. The summed E-state index contributed by atoms with van der Waals surface area (Å²) in [7, 11) is 0. The highest BCUT2D eigenvalue weighted by Crippen LogP contribution is 2.41. The van der Waals surface area contributed by atoms with E-state index < -0.39 is 0 Å². The minimum absolute atomic E-state index is 0.588. The molecule has 1 aromatic rings. The Morgan fingerprint density at radius 3 is 2.52 bits per heavy atom. The SMILES string of the molecule is CCNc1nc(C2CC2)nc(N2C(C)CCC2CC)c1C. The summed E-state index contributed by atoms with van der Waals surface area (Å²) < 4.78 is 0. The third kappa shape index (κ3) is 2.72. The van der Waals surface area contributed by atoms with Crippen molar-refractivity contribution in [3.63, 3.8) is 0 Å². The van der Waals surface area contributed by atoms with Gasteiger partial charge in [0.25, 0.3) is 0 Å². The Kier molecular flexibility index (Phi) is 4.05. The van der Waals surface area contributed by atoms with Crippen LogP contribution < -0.4 is 10.2 Å². The fourth-order valence-electron chi connectivity index (χ4n) is 3.49. The van der Waals surface area contributed by atoms with E-state index >= 15 is 0 Å². The number of nitrogens with one attached hydrogen (secondary N) is 1. The highest BCUT2D eigenvalue weighted by Gasteiger charge is 2.34. The molecule has 2 heterocycles. The first kappa shape index (κ1) is 14.6. The van der Waals surface area contributed by atoms with E-state index in [0.717, 1.165) is 18.2 Å². The third-order valence-electron chi connectivity index (χ3n) is 4.93. The van der Waals surface area contributed by atoms with Crippen molar-refractivity contribution < 1.29 is 0 Å². The standard InChI is InChI=1S/C17H28N4/c1-5-14-10-7-11(3)21(14)17-12(4)15(18-6-2)19-16(20-17)13-8-9-13/h11,13-14H,5-10H2,1-4H3,(H,18,19,20). The van der Waals surface area contributed by atoms with Crippen LogP contribution in [0.2, 0.25) is 0 Å². The van der Waals surface area contributed by atoms with Gasteiger partial charge >= 0.3 is 0 Å². The Bertz CT molecular complexity index is 510. The predicted octanol–water partition coefficient (Wildman–Crippen LogP) is 3.86. The van der Waals surface area contributed by atoms with Crippen LogP contribution in [0.15, 0.2) is 0 Å². The van der Waals surface area contributed by atoms with Crippen LogP contribution in [-0.4, -0.2) is 28.6 Å². The summed E-state index contributed by atoms with van der Waals surface area (Å²) in [6, 6.07) is 1.22. The molecule has 116 valence electrons. The van der Waals surface area contributed by atoms with Gasteiger partial charge in [0.05, 0.1) is 0 Å². The maximum absolute atomic E-state index is 4.98. The van der Waals surface area contributed by atoms with E-state index in [4.69, 9.17) is 9.97 Å². The Hall–Kier alpha value is -1.32. The maximum Gasteiger partial charge on any atom is 0.137 e. The van der Waals surface area contributed by atoms with Crippen molar-refractivity contribution in [2.75, 3.05) is 16.8 Å². The van der Waals surface area contributed by atoms with Crippen LogP contribution in [0, 0.1) is 6.92 Å². The lowest BCUT2D eigenvalue weighted by molar-refractivity contribution is 0.616. The van der Waals surface area contributed by atoms with Gasteiger partial charge in [-0.1, -0.05) is 6.92 Å². The van der Waals surface area contributed by atoms with Crippen LogP contribution in [0.25, 0.3) is 0 Å². The molecule has 0 aromatic carbocycles. The molecule has 1 aliphatic carbocycles. The summed E-state index contributed by atoms with van der Waals surface area (Å²) in [6.45, 7) is 9.83. The van der Waals surface area contributed by atoms with E-state index in [1.165, 1.54) is 43.5 Å². The zero-order valence-corrected chi connectivity index (χ0v) is 13.8. The van der Waals surface area contributed by atoms with E-state index in [1.807, 2.05) is 0 Å². The zero-order valence-electron chi connectivity index (χ0n) is 13.8. The fourth-order valence-corrected chi connectivity index (χ4v) is 3.49. The van der Waals surface area contributed by atoms with Crippen LogP contribution in [0.4, 0.5) is 11.6 Å². The molecule has 1 N–H and O–H groups in total. The normalized spacial score (nSPS) is 25.4. The lowest BCUT2D eigenvalue weighted by Crippen LogP contribution is -2.36. The Balaban J connectivity index is 2.02. The molecule has 1 saturated carbocycles. The summed E-state index contributed by atoms with van der Waals surface area (Å²) >= 11 is 0. The minimum atomic E-state index is 0.588. The van der Waals surface area contributed by atoms with Crippen molar-refractivity contribution in [3.05, 3.63) is 11.4 Å². The van der Waals surface area contributed by atoms with Crippen LogP contribution in [0.5, 0.6) is 0 Å². The van der Waals surface area contributed by atoms with Crippen molar-refractivity contribution in [2.24, 2.45) is 0 Å². The number of rotatable bonds is 5. The molecule has 2 fully saturated rings. The quantitative estimate of drug-likeness (QED) is 0.893. The van der Waals surface area contributed by atoms with Gasteiger partial charge in [0.15, 0.2) is 0 Å². The van der Waals surface area contributed by atoms with Crippen LogP contribution in [-0.2, 0) is 0 Å². The highest BCUT2D eigenvalue weighted by molar-refractivity contribution is 5.60. The van der Waals surface area contributed by atoms with Gasteiger partial charge in [-0.3, -0.25) is 0 Å². The second kappa shape index (κ2) is 5.82. The molecule has 0 bridgehead atoms. The van der Waals surface area contributed by atoms with Crippen molar-refractivity contribution >= 4 is 11.6 Å². The van der Waals surface area contributed by atoms with Crippen molar-refractivity contribution in [3.8, 4) is 0 Å². The topological polar surface area (TPSA) is 41.1 Å². The second-order valence-electron chi connectivity index (χ2n) is 6.58. The Labute approximate surface area is 128 Å². The average molecular weight is 288 g/mol. The number of hydrogen-bond donors (Lipinski definition) is 1. The van der Waals surface area contributed by atoms with Gasteiger partial charge in [-0.2, -0.15) is 0 Å². The lowest BCUT2D eigenvalue weighted by Gasteiger charge is -2.31. The molecular weight excluding hydrogens is 260 g/mol. The van der Waals surface area contributed by atoms with Gasteiger partial charge < -0.3 is 10.2 Å². The molecule has 1 saturated heterocycles. The summed E-state index contributed by atoms with van der Waals surface area (Å²) in [5, 5.41) is 3.43. The summed E-state index contributed by atoms with van der Waals surface area (Å²) in [5.74, 6) is 3.87. The van der Waals surface area contributed by atoms with Crippen LogP contribution in [0.3, 0.4) is 0 Å². The highest BCUT2D eigenvalue weighted by atomic mass is 15.3. The van der Waals surface area contributed by atoms with Gasteiger partial charge in [-0.15, -0.1) is 0 Å². The largest absolute Gasteiger partial charge is 0.370 e. The summed E-state index contributed by atoms with van der Waals surface area (Å²) in [4.78, 5) is 12.3. The number of hydrogen-bond acceptors (Lipinski definition) is 4. The summed E-state index contributed by atoms with van der Waals surface area (Å²) in [5.41, 5.74) is 1.22. The minimum Gasteiger partial charge on any atom is -0.370 e. The first-order chi connectivity index (χ1) is 10.2. The van der Waals surface area contributed by atoms with E-state index in [9.17, 15) is 0 Å². The molecule has 0 spiro atoms. The number of nitrogens with zero attached hydrogens (tertiary/aromatic N) is 3. The molecule has 0 radical (unpaired) electrons. The molecule has 21 heavy (non-hydrogen) atoms. The predicted molar refractivity (Wildman–Crippen MR) is 88.2 cm³/mol. The molecule has 2 unspecified atom stereocenters. The maximum atomic E-state index is 4.98. The molecule has 4 heteroatoms. The molecule has 4 nitrogen and oxygen atoms in total. The molecule has 1 aliphatic heterocycles. The molecular formula is C17H28N4. The molecule has 3 rings (SSSR count). The van der Waals surface area contributed by atoms with E-state index in [1.54, 1.807) is 0 Å². The van der Waals surface area contributed by atoms with Crippen molar-refractivity contribution in [2.45, 2.75) is 77.8 Å². The smallest absolute Gasteiger partial charge is 0.137 e. The van der Waals surface area contributed by atoms with Crippen LogP contribution in [0.1, 0.15) is 70.2 Å². The average Bonchev–Trinajstić information content (AvgIpc) is 3.25. The molecule has 0 amide bonds. The second-order valence-corrected chi connectivity index (χ2v) is 6.58. The lowest BCUT2D eigenvalue weighted by atomic mass is 10.1. The van der Waals surface area contributed by atoms with Gasteiger partial charge in [-0.05, 0) is 52.9 Å². The van der Waals surface area contributed by atoms with E-state index in [0.29, 0.717) is 18.0 Å². The van der Waals surface area contributed by atoms with Crippen molar-refractivity contribution in [1.82, 2.24) is 9.97 Å². The molecule has 2 atom stereocenters. The first-order valence-electron chi connectivity index (χ1n) is 8.56. The first-order valence-corrected chi connectivity index (χ1v) is 8.56. The zero-order chi connectivity index (χ0) is 15.0. The number of anilines is 2. The Morgan fingerprint density at radius 2 is 1.90 bits per heavy atom.